The van der Waals surface area contributed by atoms with Crippen LogP contribution in [0, 0.1) is 11.8 Å². The predicted molar refractivity (Wildman–Crippen MR) is 74.3 cm³/mol. The molecule has 1 heterocycles. The zero-order valence-electron chi connectivity index (χ0n) is 11.8. The second kappa shape index (κ2) is 6.75. The predicted octanol–water partition coefficient (Wildman–Crippen LogP) is 2.89. The van der Waals surface area contributed by atoms with Crippen molar-refractivity contribution in [1.82, 2.24) is 10.2 Å². The fourth-order valence-corrected chi connectivity index (χ4v) is 3.62. The summed E-state index contributed by atoms with van der Waals surface area (Å²) in [7, 11) is 0. The number of piperidine rings is 1. The highest BCUT2D eigenvalue weighted by Crippen LogP contribution is 2.34. The number of likely N-dealkylation sites (tertiary alicyclic amines) is 1. The van der Waals surface area contributed by atoms with E-state index >= 15 is 0 Å². The van der Waals surface area contributed by atoms with Gasteiger partial charge in [-0.15, -0.1) is 0 Å². The molecule has 2 heteroatoms. The summed E-state index contributed by atoms with van der Waals surface area (Å²) in [5.74, 6) is 1.81. The Labute approximate surface area is 107 Å². The number of hydrogen-bond acceptors (Lipinski definition) is 2. The highest BCUT2D eigenvalue weighted by atomic mass is 15.2. The second-order valence-electron chi connectivity index (χ2n) is 6.39. The van der Waals surface area contributed by atoms with E-state index in [4.69, 9.17) is 0 Å². The molecule has 1 aliphatic carbocycles. The molecule has 0 aromatic carbocycles. The molecule has 0 bridgehead atoms. The van der Waals surface area contributed by atoms with Crippen LogP contribution in [0.4, 0.5) is 0 Å². The van der Waals surface area contributed by atoms with E-state index in [-0.39, 0.29) is 0 Å². The highest BCUT2D eigenvalue weighted by Gasteiger charge is 2.32. The van der Waals surface area contributed by atoms with Crippen LogP contribution in [0.25, 0.3) is 0 Å². The molecular weight excluding hydrogens is 208 g/mol. The van der Waals surface area contributed by atoms with Crippen LogP contribution in [-0.2, 0) is 0 Å². The minimum absolute atomic E-state index is 0.777. The van der Waals surface area contributed by atoms with Crippen molar-refractivity contribution in [3.63, 3.8) is 0 Å². The minimum Gasteiger partial charge on any atom is -0.315 e. The fraction of sp³-hybridized carbons (Fsp3) is 1.00. The first-order chi connectivity index (χ1) is 8.27. The fourth-order valence-electron chi connectivity index (χ4n) is 3.62. The van der Waals surface area contributed by atoms with Crippen molar-refractivity contribution in [2.75, 3.05) is 26.2 Å². The van der Waals surface area contributed by atoms with E-state index < -0.39 is 0 Å². The van der Waals surface area contributed by atoms with Gasteiger partial charge in [0, 0.05) is 19.1 Å². The molecule has 2 nitrogen and oxygen atoms in total. The maximum atomic E-state index is 3.59. The van der Waals surface area contributed by atoms with E-state index in [2.05, 4.69) is 24.1 Å². The Balaban J connectivity index is 1.71. The van der Waals surface area contributed by atoms with E-state index in [0.717, 1.165) is 17.9 Å². The number of fused-ring (bicyclic) bond motifs is 1. The molecule has 1 aliphatic heterocycles. The molecule has 17 heavy (non-hydrogen) atoms. The number of nitrogens with one attached hydrogen (secondary N) is 1. The molecule has 1 N–H and O–H groups in total. The monoisotopic (exact) mass is 238 g/mol. The summed E-state index contributed by atoms with van der Waals surface area (Å²) in [6.07, 6.45) is 8.86. The van der Waals surface area contributed by atoms with E-state index in [1.165, 1.54) is 64.7 Å². The normalized spacial score (nSPS) is 30.5. The molecule has 1 saturated heterocycles. The summed E-state index contributed by atoms with van der Waals surface area (Å²) < 4.78 is 0. The Morgan fingerprint density at radius 1 is 1.12 bits per heavy atom. The largest absolute Gasteiger partial charge is 0.315 e. The zero-order valence-corrected chi connectivity index (χ0v) is 11.8. The minimum atomic E-state index is 0.777. The summed E-state index contributed by atoms with van der Waals surface area (Å²) in [4.78, 5) is 2.78. The molecule has 2 atom stereocenters. The van der Waals surface area contributed by atoms with Gasteiger partial charge in [-0.25, -0.2) is 0 Å². The molecule has 0 radical (unpaired) electrons. The third kappa shape index (κ3) is 3.96. The van der Waals surface area contributed by atoms with Crippen molar-refractivity contribution < 1.29 is 0 Å². The van der Waals surface area contributed by atoms with Crippen LogP contribution in [-0.4, -0.2) is 37.1 Å². The average Bonchev–Trinajstić information content (AvgIpc) is 2.34. The summed E-state index contributed by atoms with van der Waals surface area (Å²) in [5.41, 5.74) is 0. The number of rotatable bonds is 5. The van der Waals surface area contributed by atoms with Gasteiger partial charge in [-0.1, -0.05) is 26.7 Å². The van der Waals surface area contributed by atoms with Crippen LogP contribution in [0.5, 0.6) is 0 Å². The first kappa shape index (κ1) is 13.4. The van der Waals surface area contributed by atoms with E-state index in [9.17, 15) is 0 Å². The second-order valence-corrected chi connectivity index (χ2v) is 6.39. The topological polar surface area (TPSA) is 15.3 Å². The summed E-state index contributed by atoms with van der Waals surface area (Å²) in [6.45, 7) is 9.54. The van der Waals surface area contributed by atoms with Gasteiger partial charge >= 0.3 is 0 Å². The number of hydrogen-bond donors (Lipinski definition) is 1. The Bertz CT molecular complexity index is 213. The standard InChI is InChI=1S/C15H30N2/c1-13(2)12-16-9-11-17-10-5-7-14-6-3-4-8-15(14)17/h13-16H,3-12H2,1-2H3. The third-order valence-electron chi connectivity index (χ3n) is 4.49. The van der Waals surface area contributed by atoms with Gasteiger partial charge in [0.15, 0.2) is 0 Å². The zero-order chi connectivity index (χ0) is 12.1. The highest BCUT2D eigenvalue weighted by molar-refractivity contribution is 4.87. The SMILES string of the molecule is CC(C)CNCCN1CCCC2CCCCC21. The lowest BCUT2D eigenvalue weighted by Crippen LogP contribution is -2.49. The van der Waals surface area contributed by atoms with Gasteiger partial charge in [-0.3, -0.25) is 4.90 Å². The molecule has 2 fully saturated rings. The van der Waals surface area contributed by atoms with Crippen LogP contribution in [0.15, 0.2) is 0 Å². The van der Waals surface area contributed by atoms with Crippen molar-refractivity contribution in [3.8, 4) is 0 Å². The third-order valence-corrected chi connectivity index (χ3v) is 4.49. The molecule has 0 amide bonds. The lowest BCUT2D eigenvalue weighted by atomic mass is 9.78. The smallest absolute Gasteiger partial charge is 0.0124 e. The first-order valence-electron chi connectivity index (χ1n) is 7.72. The molecule has 100 valence electrons. The van der Waals surface area contributed by atoms with Crippen LogP contribution in [0.2, 0.25) is 0 Å². The number of nitrogens with zero attached hydrogens (tertiary/aromatic N) is 1. The maximum Gasteiger partial charge on any atom is 0.0124 e. The first-order valence-corrected chi connectivity index (χ1v) is 7.72. The van der Waals surface area contributed by atoms with Crippen LogP contribution in [0.3, 0.4) is 0 Å². The lowest BCUT2D eigenvalue weighted by Gasteiger charge is -2.44. The van der Waals surface area contributed by atoms with Gasteiger partial charge in [0.1, 0.15) is 0 Å². The quantitative estimate of drug-likeness (QED) is 0.741. The van der Waals surface area contributed by atoms with Crippen LogP contribution >= 0.6 is 0 Å². The van der Waals surface area contributed by atoms with E-state index in [1.54, 1.807) is 0 Å². The molecular formula is C15H30N2. The van der Waals surface area contributed by atoms with Crippen LogP contribution < -0.4 is 5.32 Å². The molecule has 2 unspecified atom stereocenters. The van der Waals surface area contributed by atoms with Crippen molar-refractivity contribution in [1.29, 1.82) is 0 Å². The van der Waals surface area contributed by atoms with Gasteiger partial charge in [0.05, 0.1) is 0 Å². The summed E-state index contributed by atoms with van der Waals surface area (Å²) >= 11 is 0. The molecule has 2 aliphatic rings. The average molecular weight is 238 g/mol. The maximum absolute atomic E-state index is 3.59. The summed E-state index contributed by atoms with van der Waals surface area (Å²) in [6, 6.07) is 0.929. The van der Waals surface area contributed by atoms with Crippen LogP contribution in [0.1, 0.15) is 52.4 Å². The molecule has 0 aromatic rings. The molecule has 0 aromatic heterocycles. The van der Waals surface area contributed by atoms with Gasteiger partial charge in [0.25, 0.3) is 0 Å². The van der Waals surface area contributed by atoms with Gasteiger partial charge in [0.2, 0.25) is 0 Å². The van der Waals surface area contributed by atoms with Gasteiger partial charge in [-0.05, 0) is 50.6 Å². The molecule has 2 rings (SSSR count). The Hall–Kier alpha value is -0.0800. The Morgan fingerprint density at radius 3 is 2.71 bits per heavy atom. The summed E-state index contributed by atoms with van der Waals surface area (Å²) in [5, 5.41) is 3.59. The Morgan fingerprint density at radius 2 is 1.88 bits per heavy atom. The molecule has 1 saturated carbocycles. The van der Waals surface area contributed by atoms with E-state index in [1.807, 2.05) is 0 Å². The van der Waals surface area contributed by atoms with Crippen molar-refractivity contribution >= 4 is 0 Å². The van der Waals surface area contributed by atoms with Crippen molar-refractivity contribution in [2.45, 2.75) is 58.4 Å². The lowest BCUT2D eigenvalue weighted by molar-refractivity contribution is 0.0617. The Kier molecular flexibility index (Phi) is 5.30. The van der Waals surface area contributed by atoms with Crippen molar-refractivity contribution in [2.24, 2.45) is 11.8 Å². The van der Waals surface area contributed by atoms with Gasteiger partial charge in [-0.2, -0.15) is 0 Å². The molecule has 0 spiro atoms. The van der Waals surface area contributed by atoms with Crippen molar-refractivity contribution in [3.05, 3.63) is 0 Å². The van der Waals surface area contributed by atoms with E-state index in [0.29, 0.717) is 0 Å². The van der Waals surface area contributed by atoms with Gasteiger partial charge < -0.3 is 5.32 Å².